The minimum absolute atomic E-state index is 0.164. The van der Waals surface area contributed by atoms with Crippen molar-refractivity contribution in [2.75, 3.05) is 6.26 Å². The largest absolute Gasteiger partial charge is 0.406 e. The Balaban J connectivity index is 0.000000494. The first-order valence-corrected chi connectivity index (χ1v) is 7.59. The van der Waals surface area contributed by atoms with E-state index in [1.807, 2.05) is 0 Å². The Morgan fingerprint density at radius 1 is 1.17 bits per heavy atom. The van der Waals surface area contributed by atoms with E-state index in [-0.39, 0.29) is 5.69 Å². The van der Waals surface area contributed by atoms with Crippen LogP contribution in [0.1, 0.15) is 5.56 Å². The summed E-state index contributed by atoms with van der Waals surface area (Å²) in [5, 5.41) is 8.46. The third kappa shape index (κ3) is 6.92. The molecule has 0 bridgehead atoms. The molecule has 0 aliphatic heterocycles. The molecule has 1 aromatic rings. The molecule has 8 nitrogen and oxygen atoms in total. The van der Waals surface area contributed by atoms with Gasteiger partial charge in [0.15, 0.2) is 9.87 Å². The standard InChI is InChI=1S/C7H6N2O3S.CH4O3S/c1-5-2-3-7(13(10,11)12)6(4-5)9-8;1-5(2,3)4/h2-4H,1H3;1H3,(H,2,3,4)/p+1. The third-order valence-electron chi connectivity index (χ3n) is 1.50. The Hall–Kier alpha value is -1.54. The van der Waals surface area contributed by atoms with Crippen LogP contribution in [0.4, 0.5) is 5.69 Å². The van der Waals surface area contributed by atoms with Crippen LogP contribution in [-0.2, 0) is 20.2 Å². The quantitative estimate of drug-likeness (QED) is 0.587. The van der Waals surface area contributed by atoms with Gasteiger partial charge >= 0.3 is 15.8 Å². The normalized spacial score (nSPS) is 11.1. The molecule has 2 N–H and O–H groups in total. The number of benzene rings is 1. The molecule has 0 fully saturated rings. The van der Waals surface area contributed by atoms with E-state index in [0.717, 1.165) is 5.56 Å². The van der Waals surface area contributed by atoms with E-state index in [4.69, 9.17) is 14.5 Å². The van der Waals surface area contributed by atoms with E-state index in [9.17, 15) is 16.8 Å². The Morgan fingerprint density at radius 3 is 1.94 bits per heavy atom. The minimum Gasteiger partial charge on any atom is -0.286 e. The maximum atomic E-state index is 10.7. The topological polar surface area (TPSA) is 137 Å². The molecule has 10 heteroatoms. The Morgan fingerprint density at radius 2 is 1.61 bits per heavy atom. The van der Waals surface area contributed by atoms with Gasteiger partial charge < -0.3 is 0 Å². The van der Waals surface area contributed by atoms with E-state index in [2.05, 4.69) is 4.98 Å². The molecule has 0 aromatic heterocycles. The van der Waals surface area contributed by atoms with Crippen LogP contribution in [0, 0.1) is 12.3 Å². The predicted molar refractivity (Wildman–Crippen MR) is 63.2 cm³/mol. The number of hydrogen-bond acceptors (Lipinski definition) is 5. The van der Waals surface area contributed by atoms with Crippen molar-refractivity contribution in [2.24, 2.45) is 0 Å². The summed E-state index contributed by atoms with van der Waals surface area (Å²) in [6, 6.07) is 4.03. The van der Waals surface area contributed by atoms with E-state index in [0.29, 0.717) is 6.26 Å². The minimum atomic E-state index is -4.32. The second-order valence-electron chi connectivity index (χ2n) is 3.28. The predicted octanol–water partition coefficient (Wildman–Crippen LogP) is 1.23. The van der Waals surface area contributed by atoms with Gasteiger partial charge in [0.2, 0.25) is 5.39 Å². The summed E-state index contributed by atoms with van der Waals surface area (Å²) in [6.45, 7) is 1.71. The number of diazo groups is 1. The van der Waals surface area contributed by atoms with E-state index < -0.39 is 25.1 Å². The summed E-state index contributed by atoms with van der Waals surface area (Å²) in [4.78, 5) is 2.36. The van der Waals surface area contributed by atoms with Crippen LogP contribution in [0.15, 0.2) is 23.1 Å². The SMILES string of the molecule is CS(=O)(=O)O.Cc1ccc(S(=O)(=O)O)c([N+]#N)c1. The van der Waals surface area contributed by atoms with Crippen LogP contribution in [-0.4, -0.2) is 32.2 Å². The monoisotopic (exact) mass is 295 g/mol. The first-order valence-electron chi connectivity index (χ1n) is 4.31. The van der Waals surface area contributed by atoms with Crippen LogP contribution in [0.3, 0.4) is 0 Å². The highest BCUT2D eigenvalue weighted by Gasteiger charge is 2.23. The highest BCUT2D eigenvalue weighted by atomic mass is 32.2. The van der Waals surface area contributed by atoms with Gasteiger partial charge in [0.1, 0.15) is 0 Å². The average molecular weight is 295 g/mol. The summed E-state index contributed by atoms with van der Waals surface area (Å²) in [5.74, 6) is 0. The number of nitrogens with zero attached hydrogens (tertiary/aromatic N) is 2. The molecule has 100 valence electrons. The fourth-order valence-corrected chi connectivity index (χ4v) is 1.53. The van der Waals surface area contributed by atoms with Gasteiger partial charge in [-0.3, -0.25) is 9.11 Å². The van der Waals surface area contributed by atoms with Gasteiger partial charge in [-0.05, 0) is 18.6 Å². The lowest BCUT2D eigenvalue weighted by molar-refractivity contribution is 0.483. The van der Waals surface area contributed by atoms with Crippen molar-refractivity contribution in [1.82, 2.24) is 0 Å². The molecule has 0 saturated carbocycles. The van der Waals surface area contributed by atoms with Gasteiger partial charge in [-0.25, -0.2) is 0 Å². The fraction of sp³-hybridized carbons (Fsp3) is 0.250. The zero-order valence-corrected chi connectivity index (χ0v) is 11.1. The molecule has 1 rings (SSSR count). The third-order valence-corrected chi connectivity index (χ3v) is 2.40. The molecule has 0 heterocycles. The second kappa shape index (κ2) is 5.87. The van der Waals surface area contributed by atoms with Gasteiger partial charge in [0.25, 0.3) is 10.1 Å². The molecule has 0 radical (unpaired) electrons. The van der Waals surface area contributed by atoms with E-state index in [1.165, 1.54) is 18.2 Å². The van der Waals surface area contributed by atoms with Crippen LogP contribution < -0.4 is 0 Å². The summed E-state index contributed by atoms with van der Waals surface area (Å²) >= 11 is 0. The molecule has 0 aliphatic carbocycles. The Kier molecular flexibility index (Phi) is 5.37. The molecule has 18 heavy (non-hydrogen) atoms. The lowest BCUT2D eigenvalue weighted by Gasteiger charge is -1.93. The zero-order chi connectivity index (χ0) is 14.6. The Bertz CT molecular complexity index is 664. The van der Waals surface area contributed by atoms with Gasteiger partial charge in [-0.2, -0.15) is 16.8 Å². The molecular formula is C8H11N2O6S2+. The van der Waals surface area contributed by atoms with Gasteiger partial charge in [0, 0.05) is 6.07 Å². The average Bonchev–Trinajstić information content (AvgIpc) is 2.12. The molecule has 1 aromatic carbocycles. The van der Waals surface area contributed by atoms with Gasteiger partial charge in [-0.15, -0.1) is 0 Å². The number of hydrogen-bond donors (Lipinski definition) is 2. The van der Waals surface area contributed by atoms with Crippen molar-refractivity contribution < 1.29 is 25.9 Å². The lowest BCUT2D eigenvalue weighted by atomic mass is 10.2. The number of rotatable bonds is 1. The summed E-state index contributed by atoms with van der Waals surface area (Å²) < 4.78 is 56.0. The number of aryl methyl sites for hydroxylation is 1. The van der Waals surface area contributed by atoms with Crippen molar-refractivity contribution in [1.29, 1.82) is 5.39 Å². The van der Waals surface area contributed by atoms with Crippen molar-refractivity contribution in [3.05, 3.63) is 28.7 Å². The first-order chi connectivity index (χ1) is 7.95. The molecule has 0 spiro atoms. The van der Waals surface area contributed by atoms with Crippen LogP contribution in [0.25, 0.3) is 4.98 Å². The highest BCUT2D eigenvalue weighted by molar-refractivity contribution is 7.86. The smallest absolute Gasteiger partial charge is 0.286 e. The van der Waals surface area contributed by atoms with Crippen LogP contribution in [0.2, 0.25) is 0 Å². The summed E-state index contributed by atoms with van der Waals surface area (Å²) in [5.41, 5.74) is 0.572. The maximum absolute atomic E-state index is 10.7. The maximum Gasteiger partial charge on any atom is 0.406 e. The van der Waals surface area contributed by atoms with Gasteiger partial charge in [0.05, 0.1) is 6.26 Å². The van der Waals surface area contributed by atoms with Crippen molar-refractivity contribution in [3.63, 3.8) is 0 Å². The highest BCUT2D eigenvalue weighted by Crippen LogP contribution is 2.24. The molecule has 0 amide bonds. The first kappa shape index (κ1) is 16.5. The molecule has 0 unspecified atom stereocenters. The Labute approximate surface area is 104 Å². The molecule has 0 atom stereocenters. The zero-order valence-electron chi connectivity index (χ0n) is 9.47. The van der Waals surface area contributed by atoms with Gasteiger partial charge in [-0.1, -0.05) is 6.07 Å². The van der Waals surface area contributed by atoms with Crippen molar-refractivity contribution in [3.8, 4) is 0 Å². The second-order valence-corrected chi connectivity index (χ2v) is 6.14. The lowest BCUT2D eigenvalue weighted by Crippen LogP contribution is -1.97. The van der Waals surface area contributed by atoms with Crippen LogP contribution >= 0.6 is 0 Å². The molecular weight excluding hydrogens is 284 g/mol. The summed E-state index contributed by atoms with van der Waals surface area (Å²) in [6.07, 6.45) is 0.715. The van der Waals surface area contributed by atoms with Crippen molar-refractivity contribution >= 4 is 25.9 Å². The van der Waals surface area contributed by atoms with Crippen molar-refractivity contribution in [2.45, 2.75) is 11.8 Å². The molecule has 0 aliphatic rings. The summed E-state index contributed by atoms with van der Waals surface area (Å²) in [7, 11) is -7.98. The molecule has 0 saturated heterocycles. The fourth-order valence-electron chi connectivity index (χ4n) is 0.924. The van der Waals surface area contributed by atoms with E-state index in [1.54, 1.807) is 6.92 Å². The van der Waals surface area contributed by atoms with E-state index >= 15 is 0 Å². The van der Waals surface area contributed by atoms with Crippen LogP contribution in [0.5, 0.6) is 0 Å².